The molecule has 1 saturated carbocycles. The molecule has 2 fully saturated rings. The van der Waals surface area contributed by atoms with Crippen LogP contribution < -0.4 is 5.73 Å². The van der Waals surface area contributed by atoms with E-state index in [0.717, 1.165) is 45.2 Å². The molecule has 2 N–H and O–H groups in total. The third-order valence-corrected chi connectivity index (χ3v) is 3.63. The van der Waals surface area contributed by atoms with Gasteiger partial charge in [-0.25, -0.2) is 0 Å². The number of nitrogens with two attached hydrogens (primary N) is 1. The van der Waals surface area contributed by atoms with Crippen molar-refractivity contribution in [3.8, 4) is 0 Å². The first kappa shape index (κ1) is 9.97. The summed E-state index contributed by atoms with van der Waals surface area (Å²) in [6.45, 7) is 4.03. The lowest BCUT2D eigenvalue weighted by atomic mass is 9.97. The maximum Gasteiger partial charge on any atom is 0.242 e. The summed E-state index contributed by atoms with van der Waals surface area (Å²) in [5, 5.41) is 0. The van der Waals surface area contributed by atoms with Crippen LogP contribution in [-0.2, 0) is 4.79 Å². The number of hydrogen-bond acceptors (Lipinski definition) is 2. The Labute approximate surface area is 85.6 Å². The molecule has 1 saturated heterocycles. The van der Waals surface area contributed by atoms with Gasteiger partial charge in [0.2, 0.25) is 5.91 Å². The Hall–Kier alpha value is -0.570. The molecule has 14 heavy (non-hydrogen) atoms. The molecular weight excluding hydrogens is 176 g/mol. The zero-order valence-electron chi connectivity index (χ0n) is 8.96. The number of nitrogens with zero attached hydrogens (tertiary/aromatic N) is 1. The van der Waals surface area contributed by atoms with Crippen molar-refractivity contribution in [1.82, 2.24) is 4.90 Å². The topological polar surface area (TPSA) is 46.3 Å². The Morgan fingerprint density at radius 1 is 1.43 bits per heavy atom. The van der Waals surface area contributed by atoms with Gasteiger partial charge in [0, 0.05) is 13.1 Å². The molecule has 1 aliphatic heterocycles. The second-order valence-corrected chi connectivity index (χ2v) is 5.01. The number of hydrogen-bond donors (Lipinski definition) is 1. The summed E-state index contributed by atoms with van der Waals surface area (Å²) in [5.41, 5.74) is 5.63. The number of amides is 1. The van der Waals surface area contributed by atoms with Gasteiger partial charge >= 0.3 is 0 Å². The van der Waals surface area contributed by atoms with Gasteiger partial charge in [-0.1, -0.05) is 19.8 Å². The Bertz CT molecular complexity index is 233. The lowest BCUT2D eigenvalue weighted by Gasteiger charge is -2.28. The highest BCUT2D eigenvalue weighted by Crippen LogP contribution is 2.30. The second kappa shape index (κ2) is 3.54. The summed E-state index contributed by atoms with van der Waals surface area (Å²) < 4.78 is 0. The predicted octanol–water partition coefficient (Wildman–Crippen LogP) is 1.13. The summed E-state index contributed by atoms with van der Waals surface area (Å²) in [6, 6.07) is 0. The van der Waals surface area contributed by atoms with Crippen molar-refractivity contribution in [2.24, 2.45) is 11.7 Å². The van der Waals surface area contributed by atoms with Crippen LogP contribution in [0.5, 0.6) is 0 Å². The van der Waals surface area contributed by atoms with Crippen molar-refractivity contribution >= 4 is 5.91 Å². The molecule has 0 bridgehead atoms. The third kappa shape index (κ3) is 1.65. The second-order valence-electron chi connectivity index (χ2n) is 5.01. The van der Waals surface area contributed by atoms with Gasteiger partial charge in [0.25, 0.3) is 0 Å². The van der Waals surface area contributed by atoms with Gasteiger partial charge in [-0.15, -0.1) is 0 Å². The van der Waals surface area contributed by atoms with Gasteiger partial charge in [0.1, 0.15) is 0 Å². The molecule has 1 atom stereocenters. The number of likely N-dealkylation sites (tertiary alicyclic amines) is 1. The summed E-state index contributed by atoms with van der Waals surface area (Å²) in [6.07, 6.45) is 5.15. The highest BCUT2D eigenvalue weighted by molar-refractivity contribution is 5.86. The van der Waals surface area contributed by atoms with Crippen LogP contribution in [0.4, 0.5) is 0 Å². The van der Waals surface area contributed by atoms with E-state index in [1.165, 1.54) is 0 Å². The first-order chi connectivity index (χ1) is 6.62. The third-order valence-electron chi connectivity index (χ3n) is 3.63. The minimum absolute atomic E-state index is 0.208. The van der Waals surface area contributed by atoms with Crippen molar-refractivity contribution in [2.75, 3.05) is 13.1 Å². The van der Waals surface area contributed by atoms with Crippen LogP contribution in [0.3, 0.4) is 0 Å². The lowest BCUT2D eigenvalue weighted by Crippen LogP contribution is -2.52. The van der Waals surface area contributed by atoms with Crippen LogP contribution in [0.2, 0.25) is 0 Å². The summed E-state index contributed by atoms with van der Waals surface area (Å²) >= 11 is 0. The van der Waals surface area contributed by atoms with Gasteiger partial charge in [0.05, 0.1) is 5.54 Å². The molecule has 1 amide bonds. The summed E-state index contributed by atoms with van der Waals surface area (Å²) in [5.74, 6) is 0.864. The molecular formula is C11H20N2O. The molecule has 1 heterocycles. The Kier molecular flexibility index (Phi) is 2.52. The van der Waals surface area contributed by atoms with Crippen molar-refractivity contribution in [3.63, 3.8) is 0 Å². The number of rotatable bonds is 1. The zero-order chi connectivity index (χ0) is 10.2. The number of carbonyl (C=O) groups is 1. The van der Waals surface area contributed by atoms with Gasteiger partial charge in [-0.2, -0.15) is 0 Å². The normalized spacial score (nSPS) is 31.0. The van der Waals surface area contributed by atoms with Crippen molar-refractivity contribution < 1.29 is 4.79 Å². The van der Waals surface area contributed by atoms with Crippen molar-refractivity contribution in [2.45, 2.75) is 44.6 Å². The Morgan fingerprint density at radius 3 is 2.57 bits per heavy atom. The molecule has 1 aliphatic carbocycles. The molecule has 80 valence electrons. The van der Waals surface area contributed by atoms with E-state index >= 15 is 0 Å². The van der Waals surface area contributed by atoms with Crippen LogP contribution in [-0.4, -0.2) is 29.4 Å². The highest BCUT2D eigenvalue weighted by Gasteiger charge is 2.41. The maximum atomic E-state index is 12.1. The molecule has 0 aromatic rings. The maximum absolute atomic E-state index is 12.1. The first-order valence-corrected chi connectivity index (χ1v) is 5.70. The van der Waals surface area contributed by atoms with E-state index in [9.17, 15) is 4.79 Å². The summed E-state index contributed by atoms with van der Waals surface area (Å²) in [7, 11) is 0. The Balaban J connectivity index is 2.00. The van der Waals surface area contributed by atoms with Crippen LogP contribution in [0.1, 0.15) is 39.0 Å². The van der Waals surface area contributed by atoms with Crippen LogP contribution in [0, 0.1) is 5.92 Å². The SMILES string of the molecule is CC1CCN(C(=O)C2(N)CCCC2)C1. The first-order valence-electron chi connectivity index (χ1n) is 5.70. The van der Waals surface area contributed by atoms with Crippen molar-refractivity contribution in [1.29, 1.82) is 0 Å². The van der Waals surface area contributed by atoms with E-state index in [4.69, 9.17) is 5.73 Å². The molecule has 0 radical (unpaired) electrons. The molecule has 2 aliphatic rings. The van der Waals surface area contributed by atoms with E-state index in [1.54, 1.807) is 0 Å². The van der Waals surface area contributed by atoms with Gasteiger partial charge in [0.15, 0.2) is 0 Å². The Morgan fingerprint density at radius 2 is 2.07 bits per heavy atom. The highest BCUT2D eigenvalue weighted by atomic mass is 16.2. The zero-order valence-corrected chi connectivity index (χ0v) is 8.96. The fourth-order valence-electron chi connectivity index (χ4n) is 2.65. The average molecular weight is 196 g/mol. The fraction of sp³-hybridized carbons (Fsp3) is 0.909. The minimum Gasteiger partial charge on any atom is -0.341 e. The molecule has 3 nitrogen and oxygen atoms in total. The quantitative estimate of drug-likeness (QED) is 0.683. The molecule has 0 aromatic carbocycles. The standard InChI is InChI=1S/C11H20N2O/c1-9-4-7-13(8-9)10(14)11(12)5-2-3-6-11/h9H,2-8,12H2,1H3. The molecule has 3 heteroatoms. The summed E-state index contributed by atoms with van der Waals surface area (Å²) in [4.78, 5) is 14.1. The molecule has 0 spiro atoms. The van der Waals surface area contributed by atoms with Crippen LogP contribution in [0.25, 0.3) is 0 Å². The monoisotopic (exact) mass is 196 g/mol. The largest absolute Gasteiger partial charge is 0.341 e. The fourth-order valence-corrected chi connectivity index (χ4v) is 2.65. The van der Waals surface area contributed by atoms with Crippen LogP contribution >= 0.6 is 0 Å². The van der Waals surface area contributed by atoms with Gasteiger partial charge in [-0.05, 0) is 25.2 Å². The average Bonchev–Trinajstić information content (AvgIpc) is 2.74. The smallest absolute Gasteiger partial charge is 0.242 e. The minimum atomic E-state index is -0.510. The van der Waals surface area contributed by atoms with Crippen molar-refractivity contribution in [3.05, 3.63) is 0 Å². The van der Waals surface area contributed by atoms with E-state index < -0.39 is 5.54 Å². The molecule has 2 rings (SSSR count). The van der Waals surface area contributed by atoms with Gasteiger partial charge in [-0.3, -0.25) is 4.79 Å². The van der Waals surface area contributed by atoms with E-state index in [1.807, 2.05) is 4.90 Å². The van der Waals surface area contributed by atoms with E-state index in [-0.39, 0.29) is 5.91 Å². The molecule has 1 unspecified atom stereocenters. The number of carbonyl (C=O) groups excluding carboxylic acids is 1. The predicted molar refractivity (Wildman–Crippen MR) is 55.7 cm³/mol. The van der Waals surface area contributed by atoms with Crippen LogP contribution in [0.15, 0.2) is 0 Å². The van der Waals surface area contributed by atoms with E-state index in [2.05, 4.69) is 6.92 Å². The lowest BCUT2D eigenvalue weighted by molar-refractivity contribution is -0.135. The molecule has 0 aromatic heterocycles. The van der Waals surface area contributed by atoms with E-state index in [0.29, 0.717) is 5.92 Å². The van der Waals surface area contributed by atoms with Gasteiger partial charge < -0.3 is 10.6 Å².